The molecule has 0 saturated heterocycles. The highest BCUT2D eigenvalue weighted by Gasteiger charge is 2.14. The fraction of sp³-hybridized carbons (Fsp3) is 0.727. The van der Waals surface area contributed by atoms with Crippen molar-refractivity contribution in [1.82, 2.24) is 0 Å². The second-order valence-electron chi connectivity index (χ2n) is 3.74. The molecule has 0 aliphatic heterocycles. The summed E-state index contributed by atoms with van der Waals surface area (Å²) in [6.07, 6.45) is 7.26. The Hall–Kier alpha value is -0.590. The molecule has 0 aromatic carbocycles. The van der Waals surface area contributed by atoms with Gasteiger partial charge in [-0.15, -0.1) is 0 Å². The highest BCUT2D eigenvalue weighted by atomic mass is 16.1. The van der Waals surface area contributed by atoms with E-state index in [0.717, 1.165) is 30.8 Å². The molecule has 1 atom stereocenters. The van der Waals surface area contributed by atoms with Crippen molar-refractivity contribution in [2.24, 2.45) is 5.92 Å². The fourth-order valence-electron chi connectivity index (χ4n) is 1.50. The number of carbonyl (C=O) groups excluding carboxylic acids is 1. The molecule has 1 rings (SSSR count). The van der Waals surface area contributed by atoms with Crippen molar-refractivity contribution in [3.05, 3.63) is 11.6 Å². The first-order valence-electron chi connectivity index (χ1n) is 4.96. The summed E-state index contributed by atoms with van der Waals surface area (Å²) in [6.45, 7) is 4.45. The highest BCUT2D eigenvalue weighted by Crippen LogP contribution is 2.21. The number of hydrogen-bond donors (Lipinski definition) is 0. The zero-order valence-electron chi connectivity index (χ0n) is 8.10. The summed E-state index contributed by atoms with van der Waals surface area (Å²) >= 11 is 0. The van der Waals surface area contributed by atoms with Crippen molar-refractivity contribution in [2.75, 3.05) is 0 Å². The van der Waals surface area contributed by atoms with Gasteiger partial charge in [0.15, 0.2) is 5.78 Å². The molecule has 0 heterocycles. The van der Waals surface area contributed by atoms with Crippen LogP contribution in [0.25, 0.3) is 0 Å². The summed E-state index contributed by atoms with van der Waals surface area (Å²) in [4.78, 5) is 11.2. The SMILES string of the molecule is CCC(C)CCC1=CCCC1=O. The maximum Gasteiger partial charge on any atom is 0.158 e. The minimum atomic E-state index is 0.387. The van der Waals surface area contributed by atoms with Crippen LogP contribution in [0.4, 0.5) is 0 Å². The molecular weight excluding hydrogens is 148 g/mol. The van der Waals surface area contributed by atoms with E-state index < -0.39 is 0 Å². The van der Waals surface area contributed by atoms with Crippen LogP contribution in [0.2, 0.25) is 0 Å². The quantitative estimate of drug-likeness (QED) is 0.627. The van der Waals surface area contributed by atoms with Gasteiger partial charge in [0.2, 0.25) is 0 Å². The lowest BCUT2D eigenvalue weighted by Gasteiger charge is -2.07. The van der Waals surface area contributed by atoms with Crippen molar-refractivity contribution in [3.63, 3.8) is 0 Å². The molecule has 0 amide bonds. The average Bonchev–Trinajstić information content (AvgIpc) is 2.47. The van der Waals surface area contributed by atoms with Crippen molar-refractivity contribution in [1.29, 1.82) is 0 Å². The molecule has 0 saturated carbocycles. The van der Waals surface area contributed by atoms with Crippen molar-refractivity contribution in [2.45, 2.75) is 46.0 Å². The third kappa shape index (κ3) is 2.47. The van der Waals surface area contributed by atoms with E-state index in [1.54, 1.807) is 0 Å². The Morgan fingerprint density at radius 1 is 1.58 bits per heavy atom. The lowest BCUT2D eigenvalue weighted by atomic mass is 9.98. The van der Waals surface area contributed by atoms with Crippen LogP contribution in [0.5, 0.6) is 0 Å². The third-order valence-electron chi connectivity index (χ3n) is 2.72. The predicted octanol–water partition coefficient (Wildman–Crippen LogP) is 3.10. The van der Waals surface area contributed by atoms with Crippen molar-refractivity contribution < 1.29 is 4.79 Å². The lowest BCUT2D eigenvalue weighted by molar-refractivity contribution is -0.115. The zero-order valence-corrected chi connectivity index (χ0v) is 8.10. The van der Waals surface area contributed by atoms with E-state index in [2.05, 4.69) is 19.9 Å². The molecule has 1 unspecified atom stereocenters. The summed E-state index contributed by atoms with van der Waals surface area (Å²) in [5, 5.41) is 0. The van der Waals surface area contributed by atoms with Crippen LogP contribution < -0.4 is 0 Å². The summed E-state index contributed by atoms with van der Waals surface area (Å²) in [6, 6.07) is 0. The van der Waals surface area contributed by atoms with Crippen LogP contribution in [-0.4, -0.2) is 5.78 Å². The number of Topliss-reactive ketones (excluding diaryl/α,β-unsaturated/α-hetero) is 1. The second-order valence-corrected chi connectivity index (χ2v) is 3.74. The molecule has 0 aromatic rings. The van der Waals surface area contributed by atoms with E-state index in [1.165, 1.54) is 12.8 Å². The van der Waals surface area contributed by atoms with Gasteiger partial charge in [-0.2, -0.15) is 0 Å². The van der Waals surface area contributed by atoms with E-state index in [-0.39, 0.29) is 0 Å². The molecule has 0 radical (unpaired) electrons. The topological polar surface area (TPSA) is 17.1 Å². The second kappa shape index (κ2) is 4.44. The molecule has 0 bridgehead atoms. The van der Waals surface area contributed by atoms with Crippen LogP contribution >= 0.6 is 0 Å². The molecule has 1 aliphatic rings. The van der Waals surface area contributed by atoms with Crippen LogP contribution in [0.3, 0.4) is 0 Å². The van der Waals surface area contributed by atoms with Gasteiger partial charge in [0.25, 0.3) is 0 Å². The molecular formula is C11H18O. The van der Waals surface area contributed by atoms with Gasteiger partial charge in [-0.1, -0.05) is 26.3 Å². The van der Waals surface area contributed by atoms with Crippen LogP contribution in [0, 0.1) is 5.92 Å². The first-order chi connectivity index (χ1) is 5.74. The molecule has 1 heteroatoms. The standard InChI is InChI=1S/C11H18O/c1-3-9(2)7-8-10-5-4-6-11(10)12/h5,9H,3-4,6-8H2,1-2H3. The summed E-state index contributed by atoms with van der Waals surface area (Å²) in [5.74, 6) is 1.15. The summed E-state index contributed by atoms with van der Waals surface area (Å²) in [7, 11) is 0. The Morgan fingerprint density at radius 3 is 2.83 bits per heavy atom. The van der Waals surface area contributed by atoms with E-state index in [1.807, 2.05) is 0 Å². The molecule has 0 spiro atoms. The summed E-state index contributed by atoms with van der Waals surface area (Å²) in [5.41, 5.74) is 1.09. The summed E-state index contributed by atoms with van der Waals surface area (Å²) < 4.78 is 0. The van der Waals surface area contributed by atoms with Gasteiger partial charge in [-0.25, -0.2) is 0 Å². The number of allylic oxidation sites excluding steroid dienone is 2. The van der Waals surface area contributed by atoms with E-state index in [0.29, 0.717) is 5.78 Å². The van der Waals surface area contributed by atoms with E-state index >= 15 is 0 Å². The van der Waals surface area contributed by atoms with Gasteiger partial charge >= 0.3 is 0 Å². The van der Waals surface area contributed by atoms with Gasteiger partial charge in [-0.05, 0) is 30.8 Å². The van der Waals surface area contributed by atoms with Crippen LogP contribution in [-0.2, 0) is 4.79 Å². The first-order valence-corrected chi connectivity index (χ1v) is 4.96. The maximum atomic E-state index is 11.2. The monoisotopic (exact) mass is 166 g/mol. The largest absolute Gasteiger partial charge is 0.295 e. The first kappa shape index (κ1) is 9.50. The predicted molar refractivity (Wildman–Crippen MR) is 51.0 cm³/mol. The lowest BCUT2D eigenvalue weighted by Crippen LogP contribution is -1.99. The Balaban J connectivity index is 2.27. The highest BCUT2D eigenvalue weighted by molar-refractivity contribution is 5.97. The molecule has 0 fully saturated rings. The van der Waals surface area contributed by atoms with Gasteiger partial charge in [0.1, 0.15) is 0 Å². The normalized spacial score (nSPS) is 19.5. The van der Waals surface area contributed by atoms with Gasteiger partial charge in [-0.3, -0.25) is 4.79 Å². The minimum Gasteiger partial charge on any atom is -0.295 e. The van der Waals surface area contributed by atoms with Gasteiger partial charge < -0.3 is 0 Å². The molecule has 1 aliphatic carbocycles. The van der Waals surface area contributed by atoms with Gasteiger partial charge in [0.05, 0.1) is 0 Å². The van der Waals surface area contributed by atoms with Crippen LogP contribution in [0.15, 0.2) is 11.6 Å². The minimum absolute atomic E-state index is 0.387. The number of rotatable bonds is 4. The van der Waals surface area contributed by atoms with E-state index in [4.69, 9.17) is 0 Å². The van der Waals surface area contributed by atoms with Crippen LogP contribution in [0.1, 0.15) is 46.0 Å². The smallest absolute Gasteiger partial charge is 0.158 e. The molecule has 68 valence electrons. The zero-order chi connectivity index (χ0) is 8.97. The average molecular weight is 166 g/mol. The molecule has 1 nitrogen and oxygen atoms in total. The fourth-order valence-corrected chi connectivity index (χ4v) is 1.50. The maximum absolute atomic E-state index is 11.2. The van der Waals surface area contributed by atoms with Crippen molar-refractivity contribution >= 4 is 5.78 Å². The molecule has 0 N–H and O–H groups in total. The number of ketones is 1. The number of hydrogen-bond acceptors (Lipinski definition) is 1. The Bertz CT molecular complexity index is 191. The van der Waals surface area contributed by atoms with Crippen molar-refractivity contribution in [3.8, 4) is 0 Å². The van der Waals surface area contributed by atoms with Gasteiger partial charge in [0, 0.05) is 6.42 Å². The molecule has 12 heavy (non-hydrogen) atoms. The Kier molecular flexibility index (Phi) is 3.51. The van der Waals surface area contributed by atoms with E-state index in [9.17, 15) is 4.79 Å². The molecule has 0 aromatic heterocycles. The third-order valence-corrected chi connectivity index (χ3v) is 2.72. The Morgan fingerprint density at radius 2 is 2.33 bits per heavy atom. The Labute approximate surface area is 74.9 Å². The number of carbonyl (C=O) groups is 1.